The zero-order chi connectivity index (χ0) is 16.6. The first kappa shape index (κ1) is 21.3. The lowest BCUT2D eigenvalue weighted by Gasteiger charge is -2.32. The van der Waals surface area contributed by atoms with E-state index < -0.39 is 5.06 Å². The Morgan fingerprint density at radius 1 is 0.783 bits per heavy atom. The van der Waals surface area contributed by atoms with Crippen molar-refractivity contribution in [2.24, 2.45) is 0 Å². The Morgan fingerprint density at radius 3 is 1.70 bits per heavy atom. The largest absolute Gasteiger partial charge is 0.357 e. The molecule has 1 unspecified atom stereocenters. The molecule has 1 rings (SSSR count). The van der Waals surface area contributed by atoms with E-state index in [1.165, 1.54) is 89.9 Å². The summed E-state index contributed by atoms with van der Waals surface area (Å²) >= 11 is 6.44. The third-order valence-electron chi connectivity index (χ3n) is 4.93. The van der Waals surface area contributed by atoms with Crippen molar-refractivity contribution >= 4 is 11.6 Å². The van der Waals surface area contributed by atoms with Gasteiger partial charge in [-0.25, -0.2) is 0 Å². The van der Waals surface area contributed by atoms with Gasteiger partial charge in [-0.05, 0) is 12.8 Å². The first-order chi connectivity index (χ1) is 11.3. The number of unbranched alkanes of at least 4 members (excludes halogenated alkanes) is 13. The van der Waals surface area contributed by atoms with Crippen LogP contribution in [0.25, 0.3) is 0 Å². The number of alkyl halides is 1. The molecule has 0 radical (unpaired) electrons. The monoisotopic (exact) mass is 345 g/mol. The van der Waals surface area contributed by atoms with Gasteiger partial charge in [0.25, 0.3) is 0 Å². The van der Waals surface area contributed by atoms with Crippen LogP contribution in [0.5, 0.6) is 0 Å². The summed E-state index contributed by atoms with van der Waals surface area (Å²) in [4.78, 5) is 0. The second-order valence-electron chi connectivity index (χ2n) is 7.25. The molecule has 0 aromatic rings. The van der Waals surface area contributed by atoms with E-state index in [-0.39, 0.29) is 0 Å². The first-order valence-corrected chi connectivity index (χ1v) is 10.7. The highest BCUT2D eigenvalue weighted by atomic mass is 35.5. The summed E-state index contributed by atoms with van der Waals surface area (Å²) in [6, 6.07) is 0. The van der Waals surface area contributed by atoms with Crippen molar-refractivity contribution < 1.29 is 4.74 Å². The first-order valence-electron chi connectivity index (χ1n) is 10.3. The smallest absolute Gasteiger partial charge is 0.154 e. The zero-order valence-electron chi connectivity index (χ0n) is 15.5. The summed E-state index contributed by atoms with van der Waals surface area (Å²) in [6.07, 6.45) is 20.6. The van der Waals surface area contributed by atoms with Crippen LogP contribution in [0.2, 0.25) is 0 Å². The molecule has 0 aromatic heterocycles. The molecule has 1 fully saturated rings. The van der Waals surface area contributed by atoms with Crippen molar-refractivity contribution in [1.82, 2.24) is 5.32 Å². The fraction of sp³-hybridized carbons (Fsp3) is 1.00. The molecular weight excluding hydrogens is 306 g/mol. The normalized spacial score (nSPS) is 21.7. The minimum atomic E-state index is -0.421. The third-order valence-corrected chi connectivity index (χ3v) is 5.36. The second-order valence-corrected chi connectivity index (χ2v) is 7.94. The summed E-state index contributed by atoms with van der Waals surface area (Å²) < 4.78 is 5.68. The van der Waals surface area contributed by atoms with Gasteiger partial charge in [0.1, 0.15) is 0 Å². The van der Waals surface area contributed by atoms with Crippen LogP contribution in [0.3, 0.4) is 0 Å². The topological polar surface area (TPSA) is 21.3 Å². The number of morpholine rings is 1. The molecule has 1 saturated heterocycles. The van der Waals surface area contributed by atoms with Gasteiger partial charge in [0.15, 0.2) is 5.06 Å². The molecule has 1 atom stereocenters. The maximum Gasteiger partial charge on any atom is 0.154 e. The number of rotatable bonds is 15. The predicted octanol–water partition coefficient (Wildman–Crippen LogP) is 6.41. The molecule has 1 aliphatic heterocycles. The van der Waals surface area contributed by atoms with E-state index in [0.29, 0.717) is 0 Å². The summed E-state index contributed by atoms with van der Waals surface area (Å²) in [5.41, 5.74) is 0. The van der Waals surface area contributed by atoms with Crippen molar-refractivity contribution in [2.75, 3.05) is 19.7 Å². The maximum atomic E-state index is 6.44. The van der Waals surface area contributed by atoms with Crippen molar-refractivity contribution in [1.29, 1.82) is 0 Å². The van der Waals surface area contributed by atoms with Gasteiger partial charge >= 0.3 is 0 Å². The zero-order valence-corrected chi connectivity index (χ0v) is 16.3. The number of hydrogen-bond acceptors (Lipinski definition) is 2. The maximum absolute atomic E-state index is 6.44. The van der Waals surface area contributed by atoms with Gasteiger partial charge in [-0.15, -0.1) is 0 Å². The van der Waals surface area contributed by atoms with Crippen LogP contribution in [0.4, 0.5) is 0 Å². The summed E-state index contributed by atoms with van der Waals surface area (Å²) in [7, 11) is 0. The van der Waals surface area contributed by atoms with Crippen LogP contribution in [0.15, 0.2) is 0 Å². The van der Waals surface area contributed by atoms with Crippen LogP contribution in [0, 0.1) is 0 Å². The average Bonchev–Trinajstić information content (AvgIpc) is 2.56. The molecule has 3 heteroatoms. The van der Waals surface area contributed by atoms with E-state index in [0.717, 1.165) is 26.1 Å². The van der Waals surface area contributed by atoms with E-state index in [9.17, 15) is 0 Å². The van der Waals surface area contributed by atoms with Gasteiger partial charge in [0.2, 0.25) is 0 Å². The Balaban J connectivity index is 1.74. The minimum absolute atomic E-state index is 0.421. The molecule has 1 aliphatic rings. The number of ether oxygens (including phenoxy) is 1. The van der Waals surface area contributed by atoms with Crippen LogP contribution >= 0.6 is 11.6 Å². The van der Waals surface area contributed by atoms with Gasteiger partial charge in [0, 0.05) is 13.1 Å². The standard InChI is InChI=1S/C20H40ClNO/c1-2-3-4-5-6-7-8-9-10-11-12-13-14-15-16-20(21)19-22-17-18-23-20/h22H,2-19H2,1H3. The molecular formula is C20H40ClNO. The van der Waals surface area contributed by atoms with Crippen LogP contribution in [-0.4, -0.2) is 24.8 Å². The lowest BCUT2D eigenvalue weighted by atomic mass is 10.0. The molecule has 0 aliphatic carbocycles. The van der Waals surface area contributed by atoms with Gasteiger partial charge < -0.3 is 10.1 Å². The predicted molar refractivity (Wildman–Crippen MR) is 102 cm³/mol. The van der Waals surface area contributed by atoms with Crippen LogP contribution < -0.4 is 5.32 Å². The van der Waals surface area contributed by atoms with E-state index in [2.05, 4.69) is 12.2 Å². The van der Waals surface area contributed by atoms with Crippen LogP contribution in [-0.2, 0) is 4.74 Å². The Morgan fingerprint density at radius 2 is 1.26 bits per heavy atom. The summed E-state index contributed by atoms with van der Waals surface area (Å²) in [5, 5.41) is 2.90. The van der Waals surface area contributed by atoms with Gasteiger partial charge in [-0.2, -0.15) is 0 Å². The van der Waals surface area contributed by atoms with Gasteiger partial charge in [-0.1, -0.05) is 102 Å². The molecule has 0 spiro atoms. The minimum Gasteiger partial charge on any atom is -0.357 e. The molecule has 1 N–H and O–H groups in total. The average molecular weight is 346 g/mol. The summed E-state index contributed by atoms with van der Waals surface area (Å²) in [6.45, 7) is 4.77. The Labute approximate surface area is 150 Å². The highest BCUT2D eigenvalue weighted by Gasteiger charge is 2.29. The second kappa shape index (κ2) is 14.5. The lowest BCUT2D eigenvalue weighted by Crippen LogP contribution is -2.45. The molecule has 23 heavy (non-hydrogen) atoms. The van der Waals surface area contributed by atoms with E-state index in [4.69, 9.17) is 16.3 Å². The lowest BCUT2D eigenvalue weighted by molar-refractivity contribution is -0.0109. The van der Waals surface area contributed by atoms with E-state index in [1.807, 2.05) is 0 Å². The molecule has 2 nitrogen and oxygen atoms in total. The molecule has 1 heterocycles. The van der Waals surface area contributed by atoms with Gasteiger partial charge in [-0.3, -0.25) is 0 Å². The molecule has 0 bridgehead atoms. The van der Waals surface area contributed by atoms with E-state index >= 15 is 0 Å². The fourth-order valence-corrected chi connectivity index (χ4v) is 3.68. The Bertz CT molecular complexity index is 254. The number of nitrogens with one attached hydrogen (secondary N) is 1. The summed E-state index contributed by atoms with van der Waals surface area (Å²) in [5.74, 6) is 0. The number of halogens is 1. The van der Waals surface area contributed by atoms with E-state index in [1.54, 1.807) is 0 Å². The van der Waals surface area contributed by atoms with Crippen molar-refractivity contribution in [3.63, 3.8) is 0 Å². The van der Waals surface area contributed by atoms with Crippen molar-refractivity contribution in [2.45, 2.75) is 108 Å². The molecule has 138 valence electrons. The quantitative estimate of drug-likeness (QED) is 0.273. The highest BCUT2D eigenvalue weighted by Crippen LogP contribution is 2.26. The number of hydrogen-bond donors (Lipinski definition) is 1. The van der Waals surface area contributed by atoms with Crippen molar-refractivity contribution in [3.8, 4) is 0 Å². The fourth-order valence-electron chi connectivity index (χ4n) is 3.38. The molecule has 0 aromatic carbocycles. The Kier molecular flexibility index (Phi) is 13.4. The van der Waals surface area contributed by atoms with Crippen LogP contribution in [0.1, 0.15) is 103 Å². The SMILES string of the molecule is CCCCCCCCCCCCCCCCC1(Cl)CNCCO1. The third kappa shape index (κ3) is 12.3. The molecule has 0 saturated carbocycles. The van der Waals surface area contributed by atoms with Crippen molar-refractivity contribution in [3.05, 3.63) is 0 Å². The molecule has 0 amide bonds. The Hall–Kier alpha value is 0.210. The highest BCUT2D eigenvalue weighted by molar-refractivity contribution is 6.23. The van der Waals surface area contributed by atoms with Gasteiger partial charge in [0.05, 0.1) is 6.61 Å².